The molecule has 0 unspecified atom stereocenters. The van der Waals surface area contributed by atoms with Crippen LogP contribution < -0.4 is 0 Å². The van der Waals surface area contributed by atoms with E-state index in [0.29, 0.717) is 5.78 Å². The van der Waals surface area contributed by atoms with E-state index in [2.05, 4.69) is 20.4 Å². The summed E-state index contributed by atoms with van der Waals surface area (Å²) in [4.78, 5) is 20.4. The van der Waals surface area contributed by atoms with Gasteiger partial charge in [-0.05, 0) is 30.5 Å². The van der Waals surface area contributed by atoms with Crippen molar-refractivity contribution in [3.05, 3.63) is 12.7 Å². The Morgan fingerprint density at radius 3 is 1.67 bits per heavy atom. The quantitative estimate of drug-likeness (QED) is 0.493. The summed E-state index contributed by atoms with van der Waals surface area (Å²) in [5, 5.41) is -0.509. The van der Waals surface area contributed by atoms with E-state index in [1.165, 1.54) is 0 Å². The van der Waals surface area contributed by atoms with E-state index < -0.39 is 5.24 Å². The van der Waals surface area contributed by atoms with Crippen molar-refractivity contribution in [2.24, 2.45) is 0 Å². The minimum atomic E-state index is -0.509. The summed E-state index contributed by atoms with van der Waals surface area (Å²) >= 11 is 4.71. The minimum absolute atomic E-state index is 0.448. The Kier molecular flexibility index (Phi) is 15.0. The topological polar surface area (TPSA) is 34.1 Å². The third kappa shape index (κ3) is 19.7. The van der Waals surface area contributed by atoms with Crippen LogP contribution in [0.1, 0.15) is 52.4 Å². The standard InChI is InChI=1S/C9H18O.C3H3ClO/c1-3-5-7-9(10)8-6-4-2;1-2-3(4)5/h3-8H2,1-2H3;2H,1H2. The summed E-state index contributed by atoms with van der Waals surface area (Å²) in [6.45, 7) is 7.32. The van der Waals surface area contributed by atoms with Crippen LogP contribution in [0.2, 0.25) is 0 Å². The number of rotatable bonds is 7. The first-order valence-corrected chi connectivity index (χ1v) is 5.79. The minimum Gasteiger partial charge on any atom is -0.300 e. The number of halogens is 1. The zero-order chi connectivity index (χ0) is 12.1. The van der Waals surface area contributed by atoms with E-state index in [0.717, 1.165) is 44.6 Å². The average molecular weight is 233 g/mol. The smallest absolute Gasteiger partial charge is 0.244 e. The van der Waals surface area contributed by atoms with Crippen LogP contribution in [0.25, 0.3) is 0 Å². The Morgan fingerprint density at radius 2 is 1.47 bits per heavy atom. The fourth-order valence-corrected chi connectivity index (χ4v) is 0.873. The number of allylic oxidation sites excluding steroid dienone is 1. The molecule has 0 aromatic heterocycles. The van der Waals surface area contributed by atoms with E-state index in [4.69, 9.17) is 11.6 Å². The second-order valence-electron chi connectivity index (χ2n) is 3.25. The lowest BCUT2D eigenvalue weighted by Gasteiger charge is -1.96. The zero-order valence-electron chi connectivity index (χ0n) is 9.72. The Morgan fingerprint density at radius 1 is 1.13 bits per heavy atom. The van der Waals surface area contributed by atoms with E-state index in [1.807, 2.05) is 0 Å². The summed E-state index contributed by atoms with van der Waals surface area (Å²) < 4.78 is 0. The van der Waals surface area contributed by atoms with Crippen LogP contribution >= 0.6 is 11.6 Å². The summed E-state index contributed by atoms with van der Waals surface area (Å²) in [5.41, 5.74) is 0. The first kappa shape index (κ1) is 16.8. The Balaban J connectivity index is 0. The summed E-state index contributed by atoms with van der Waals surface area (Å²) in [6, 6.07) is 0. The Labute approximate surface area is 97.7 Å². The fraction of sp³-hybridized carbons (Fsp3) is 0.667. The number of unbranched alkanes of at least 4 members (excludes halogenated alkanes) is 2. The van der Waals surface area contributed by atoms with E-state index in [1.54, 1.807) is 0 Å². The number of hydrogen-bond donors (Lipinski definition) is 0. The van der Waals surface area contributed by atoms with Gasteiger partial charge in [0.2, 0.25) is 5.24 Å². The highest BCUT2D eigenvalue weighted by molar-refractivity contribution is 6.66. The molecule has 0 heterocycles. The second-order valence-corrected chi connectivity index (χ2v) is 3.63. The summed E-state index contributed by atoms with van der Waals surface area (Å²) in [5.74, 6) is 0.448. The van der Waals surface area contributed by atoms with Crippen LogP contribution in [-0.4, -0.2) is 11.0 Å². The van der Waals surface area contributed by atoms with Gasteiger partial charge in [0.05, 0.1) is 0 Å². The lowest BCUT2D eigenvalue weighted by Crippen LogP contribution is -1.96. The monoisotopic (exact) mass is 232 g/mol. The molecule has 0 atom stereocenters. The van der Waals surface area contributed by atoms with Gasteiger partial charge in [-0.3, -0.25) is 9.59 Å². The number of carbonyl (C=O) groups excluding carboxylic acids is 2. The van der Waals surface area contributed by atoms with Crippen LogP contribution in [-0.2, 0) is 9.59 Å². The van der Waals surface area contributed by atoms with Crippen LogP contribution in [0, 0.1) is 0 Å². The van der Waals surface area contributed by atoms with Gasteiger partial charge in [-0.1, -0.05) is 33.3 Å². The van der Waals surface area contributed by atoms with Gasteiger partial charge in [0.15, 0.2) is 0 Å². The van der Waals surface area contributed by atoms with E-state index in [9.17, 15) is 9.59 Å². The molecule has 0 saturated heterocycles. The van der Waals surface area contributed by atoms with Crippen molar-refractivity contribution in [1.82, 2.24) is 0 Å². The molecule has 0 N–H and O–H groups in total. The van der Waals surface area contributed by atoms with Gasteiger partial charge >= 0.3 is 0 Å². The molecule has 0 bridgehead atoms. The van der Waals surface area contributed by atoms with Crippen molar-refractivity contribution in [3.63, 3.8) is 0 Å². The van der Waals surface area contributed by atoms with Crippen LogP contribution in [0.15, 0.2) is 12.7 Å². The highest BCUT2D eigenvalue weighted by Crippen LogP contribution is 2.02. The molecule has 2 nitrogen and oxygen atoms in total. The van der Waals surface area contributed by atoms with Gasteiger partial charge in [0, 0.05) is 12.8 Å². The van der Waals surface area contributed by atoms with Gasteiger partial charge in [-0.15, -0.1) is 0 Å². The summed E-state index contributed by atoms with van der Waals surface area (Å²) in [7, 11) is 0. The third-order valence-corrected chi connectivity index (χ3v) is 1.93. The normalized spacial score (nSPS) is 8.73. The Bertz CT molecular complexity index is 178. The maximum atomic E-state index is 11.0. The molecule has 0 aliphatic heterocycles. The third-order valence-electron chi connectivity index (χ3n) is 1.78. The second kappa shape index (κ2) is 13.4. The maximum Gasteiger partial charge on any atom is 0.244 e. The number of carbonyl (C=O) groups is 2. The first-order valence-electron chi connectivity index (χ1n) is 5.42. The van der Waals surface area contributed by atoms with Gasteiger partial charge in [0.1, 0.15) is 5.78 Å². The van der Waals surface area contributed by atoms with Crippen molar-refractivity contribution < 1.29 is 9.59 Å². The van der Waals surface area contributed by atoms with Crippen LogP contribution in [0.3, 0.4) is 0 Å². The van der Waals surface area contributed by atoms with Crippen molar-refractivity contribution in [1.29, 1.82) is 0 Å². The predicted molar refractivity (Wildman–Crippen MR) is 65.1 cm³/mol. The summed E-state index contributed by atoms with van der Waals surface area (Å²) in [6.07, 6.45) is 7.06. The molecule has 0 saturated carbocycles. The SMILES string of the molecule is C=CC(=O)Cl.CCCCC(=O)CCCC. The largest absolute Gasteiger partial charge is 0.300 e. The van der Waals surface area contributed by atoms with E-state index in [-0.39, 0.29) is 0 Å². The zero-order valence-corrected chi connectivity index (χ0v) is 10.5. The lowest BCUT2D eigenvalue weighted by atomic mass is 10.1. The average Bonchev–Trinajstić information content (AvgIpc) is 2.24. The molecule has 88 valence electrons. The molecule has 0 aliphatic carbocycles. The molecular formula is C12H21ClO2. The molecule has 0 rings (SSSR count). The number of Topliss-reactive ketones (excluding diaryl/α,β-unsaturated/α-hetero) is 1. The number of ketones is 1. The molecule has 0 aliphatic rings. The fourth-order valence-electron chi connectivity index (χ4n) is 0.873. The first-order chi connectivity index (χ1) is 7.08. The highest BCUT2D eigenvalue weighted by atomic mass is 35.5. The molecule has 0 aromatic rings. The molecule has 15 heavy (non-hydrogen) atoms. The molecule has 0 radical (unpaired) electrons. The Hall–Kier alpha value is -0.630. The lowest BCUT2D eigenvalue weighted by molar-refractivity contribution is -0.119. The van der Waals surface area contributed by atoms with Gasteiger partial charge in [-0.25, -0.2) is 0 Å². The molecule has 0 spiro atoms. The van der Waals surface area contributed by atoms with Crippen molar-refractivity contribution >= 4 is 22.6 Å². The van der Waals surface area contributed by atoms with Gasteiger partial charge in [-0.2, -0.15) is 0 Å². The van der Waals surface area contributed by atoms with Crippen molar-refractivity contribution in [2.45, 2.75) is 52.4 Å². The van der Waals surface area contributed by atoms with Crippen molar-refractivity contribution in [3.8, 4) is 0 Å². The maximum absolute atomic E-state index is 11.0. The van der Waals surface area contributed by atoms with Crippen LogP contribution in [0.5, 0.6) is 0 Å². The molecule has 0 aromatic carbocycles. The van der Waals surface area contributed by atoms with Gasteiger partial charge < -0.3 is 0 Å². The van der Waals surface area contributed by atoms with E-state index >= 15 is 0 Å². The molecule has 3 heteroatoms. The highest BCUT2D eigenvalue weighted by Gasteiger charge is 1.98. The number of hydrogen-bond acceptors (Lipinski definition) is 2. The molecule has 0 amide bonds. The van der Waals surface area contributed by atoms with Gasteiger partial charge in [0.25, 0.3) is 0 Å². The van der Waals surface area contributed by atoms with Crippen LogP contribution in [0.4, 0.5) is 0 Å². The molecule has 0 fully saturated rings. The predicted octanol–water partition coefficient (Wildman–Crippen LogP) is 3.87. The molecular weight excluding hydrogens is 212 g/mol. The van der Waals surface area contributed by atoms with Crippen molar-refractivity contribution in [2.75, 3.05) is 0 Å².